The number of nitrogens with one attached hydrogen (secondary N) is 2. The van der Waals surface area contributed by atoms with E-state index in [4.69, 9.17) is 0 Å². The van der Waals surface area contributed by atoms with E-state index in [2.05, 4.69) is 15.8 Å². The minimum absolute atomic E-state index is 0.265. The third kappa shape index (κ3) is 4.40. The van der Waals surface area contributed by atoms with Gasteiger partial charge in [-0.2, -0.15) is 0 Å². The summed E-state index contributed by atoms with van der Waals surface area (Å²) in [6, 6.07) is 14.6. The molecule has 2 aromatic carbocycles. The fourth-order valence-electron chi connectivity index (χ4n) is 3.01. The monoisotopic (exact) mass is 468 g/mol. The van der Waals surface area contributed by atoms with E-state index in [-0.39, 0.29) is 10.6 Å². The highest BCUT2D eigenvalue weighted by molar-refractivity contribution is 8.06. The molecule has 162 valence electrons. The normalized spacial score (nSPS) is 15.6. The maximum Gasteiger partial charge on any atom is 0.273 e. The molecule has 0 aliphatic carbocycles. The molecule has 0 bridgehead atoms. The molecule has 1 unspecified atom stereocenters. The Morgan fingerprint density at radius 1 is 1.06 bits per heavy atom. The van der Waals surface area contributed by atoms with Crippen molar-refractivity contribution in [1.29, 1.82) is 0 Å². The molecule has 0 saturated carbocycles. The largest absolute Gasteiger partial charge is 0.320 e. The van der Waals surface area contributed by atoms with Gasteiger partial charge >= 0.3 is 0 Å². The van der Waals surface area contributed by atoms with Gasteiger partial charge in [0.2, 0.25) is 9.84 Å². The highest BCUT2D eigenvalue weighted by Crippen LogP contribution is 2.33. The zero-order chi connectivity index (χ0) is 22.7. The summed E-state index contributed by atoms with van der Waals surface area (Å²) < 4.78 is 25.4. The van der Waals surface area contributed by atoms with Gasteiger partial charge in [0.1, 0.15) is 6.04 Å². The summed E-state index contributed by atoms with van der Waals surface area (Å²) in [6.45, 7) is 0. The van der Waals surface area contributed by atoms with E-state index in [1.807, 2.05) is 36.4 Å². The lowest BCUT2D eigenvalue weighted by molar-refractivity contribution is -0.384. The number of sulfone groups is 1. The number of benzene rings is 2. The van der Waals surface area contributed by atoms with Crippen molar-refractivity contribution in [3.63, 3.8) is 0 Å². The number of carbonyl (C=O) groups is 1. The van der Waals surface area contributed by atoms with Crippen LogP contribution in [0.15, 0.2) is 93.8 Å². The molecule has 1 aliphatic rings. The minimum Gasteiger partial charge on any atom is -0.320 e. The lowest BCUT2D eigenvalue weighted by Crippen LogP contribution is -2.40. The van der Waals surface area contributed by atoms with Crippen molar-refractivity contribution in [2.45, 2.75) is 20.7 Å². The van der Waals surface area contributed by atoms with Gasteiger partial charge < -0.3 is 5.43 Å². The maximum atomic E-state index is 12.7. The number of pyridine rings is 1. The standard InChI is InChI=1S/C21H16N4O5S2/c26-21(32(29,30)16-8-6-14(7-9-16)25(27)28)19-12-18(23-24-19)17-13-22-11-10-20(17)31-15-4-2-1-3-5-15/h1-13,19,23-24H. The number of non-ortho nitro benzene ring substituents is 1. The van der Waals surface area contributed by atoms with Gasteiger partial charge in [-0.3, -0.25) is 19.9 Å². The topological polar surface area (TPSA) is 131 Å². The average Bonchev–Trinajstić information content (AvgIpc) is 3.29. The van der Waals surface area contributed by atoms with E-state index in [9.17, 15) is 23.3 Å². The fourth-order valence-corrected chi connectivity index (χ4v) is 5.15. The Balaban J connectivity index is 1.58. The number of nitro groups is 1. The third-order valence-corrected chi connectivity index (χ3v) is 7.37. The fraction of sp³-hybridized carbons (Fsp3) is 0.0476. The molecule has 0 radical (unpaired) electrons. The van der Waals surface area contributed by atoms with Crippen molar-refractivity contribution in [3.05, 3.63) is 94.8 Å². The van der Waals surface area contributed by atoms with Crippen LogP contribution in [0.5, 0.6) is 0 Å². The molecule has 1 aliphatic heterocycles. The minimum atomic E-state index is -4.36. The molecule has 3 aromatic rings. The molecular weight excluding hydrogens is 452 g/mol. The van der Waals surface area contributed by atoms with Crippen molar-refractivity contribution >= 4 is 38.1 Å². The zero-order valence-electron chi connectivity index (χ0n) is 16.3. The van der Waals surface area contributed by atoms with Crippen LogP contribution in [0, 0.1) is 10.1 Å². The van der Waals surface area contributed by atoms with E-state index in [0.717, 1.165) is 34.1 Å². The smallest absolute Gasteiger partial charge is 0.273 e. The van der Waals surface area contributed by atoms with Crippen LogP contribution in [0.25, 0.3) is 5.70 Å². The van der Waals surface area contributed by atoms with Crippen molar-refractivity contribution in [3.8, 4) is 0 Å². The van der Waals surface area contributed by atoms with Crippen LogP contribution in [0.3, 0.4) is 0 Å². The number of hydrogen-bond acceptors (Lipinski definition) is 9. The summed E-state index contributed by atoms with van der Waals surface area (Å²) in [6.07, 6.45) is 4.76. The third-order valence-electron chi connectivity index (χ3n) is 4.61. The average molecular weight is 469 g/mol. The van der Waals surface area contributed by atoms with Crippen LogP contribution in [0.4, 0.5) is 5.69 Å². The van der Waals surface area contributed by atoms with E-state index in [1.165, 1.54) is 17.8 Å². The van der Waals surface area contributed by atoms with Crippen molar-refractivity contribution < 1.29 is 18.1 Å². The molecule has 4 rings (SSSR count). The van der Waals surface area contributed by atoms with Crippen molar-refractivity contribution in [1.82, 2.24) is 15.8 Å². The Labute approximate surface area is 187 Å². The Morgan fingerprint density at radius 3 is 2.47 bits per heavy atom. The Kier molecular flexibility index (Phi) is 6.04. The molecule has 0 fully saturated rings. The number of aromatic nitrogens is 1. The van der Waals surface area contributed by atoms with Gasteiger partial charge in [-0.15, -0.1) is 0 Å². The molecular formula is C21H16N4O5S2. The summed E-state index contributed by atoms with van der Waals surface area (Å²) in [5.74, 6) is 0. The molecule has 1 aromatic heterocycles. The molecule has 1 atom stereocenters. The van der Waals surface area contributed by atoms with Crippen molar-refractivity contribution in [2.75, 3.05) is 0 Å². The first kappa shape index (κ1) is 21.7. The number of hydrogen-bond donors (Lipinski definition) is 2. The first-order valence-electron chi connectivity index (χ1n) is 9.30. The van der Waals surface area contributed by atoms with Crippen LogP contribution in [-0.4, -0.2) is 29.5 Å². The highest BCUT2D eigenvalue weighted by atomic mass is 32.2. The number of nitro benzene ring substituents is 1. The summed E-state index contributed by atoms with van der Waals surface area (Å²) in [7, 11) is -4.36. The van der Waals surface area contributed by atoms with Gasteiger partial charge in [-0.05, 0) is 36.4 Å². The molecule has 2 heterocycles. The number of hydrazine groups is 1. The van der Waals surface area contributed by atoms with E-state index in [0.29, 0.717) is 11.3 Å². The maximum absolute atomic E-state index is 12.7. The van der Waals surface area contributed by atoms with Crippen LogP contribution < -0.4 is 10.9 Å². The van der Waals surface area contributed by atoms with Crippen LogP contribution in [0.2, 0.25) is 0 Å². The Hall–Kier alpha value is -3.54. The number of nitrogens with zero attached hydrogens (tertiary/aromatic N) is 2. The number of carbonyl (C=O) groups excluding carboxylic acids is 1. The lowest BCUT2D eigenvalue weighted by Gasteiger charge is -2.10. The van der Waals surface area contributed by atoms with Crippen molar-refractivity contribution in [2.24, 2.45) is 0 Å². The highest BCUT2D eigenvalue weighted by Gasteiger charge is 2.34. The van der Waals surface area contributed by atoms with Crippen LogP contribution in [-0.2, 0) is 14.6 Å². The summed E-state index contributed by atoms with van der Waals surface area (Å²) in [5, 5.41) is 9.70. The zero-order valence-corrected chi connectivity index (χ0v) is 18.0. The first-order chi connectivity index (χ1) is 15.4. The molecule has 32 heavy (non-hydrogen) atoms. The van der Waals surface area contributed by atoms with Gasteiger partial charge in [-0.25, -0.2) is 13.8 Å². The second-order valence-corrected chi connectivity index (χ2v) is 9.68. The van der Waals surface area contributed by atoms with Gasteiger partial charge in [0.25, 0.3) is 10.8 Å². The molecule has 0 saturated heterocycles. The molecule has 11 heteroatoms. The summed E-state index contributed by atoms with van der Waals surface area (Å²) in [4.78, 5) is 28.6. The molecule has 0 spiro atoms. The quantitative estimate of drug-likeness (QED) is 0.414. The van der Waals surface area contributed by atoms with E-state index in [1.54, 1.807) is 12.4 Å². The Bertz CT molecular complexity index is 1310. The van der Waals surface area contributed by atoms with Crippen LogP contribution >= 0.6 is 11.8 Å². The molecule has 9 nitrogen and oxygen atoms in total. The SMILES string of the molecule is O=C(C1C=C(c2cnccc2Sc2ccccc2)NN1)S(=O)(=O)c1ccc([N+](=O)[O-])cc1. The van der Waals surface area contributed by atoms with Gasteiger partial charge in [0.15, 0.2) is 0 Å². The predicted molar refractivity (Wildman–Crippen MR) is 118 cm³/mol. The Morgan fingerprint density at radius 2 is 1.78 bits per heavy atom. The lowest BCUT2D eigenvalue weighted by atomic mass is 10.2. The van der Waals surface area contributed by atoms with E-state index < -0.39 is 25.9 Å². The summed E-state index contributed by atoms with van der Waals surface area (Å²) in [5.41, 5.74) is 6.51. The van der Waals surface area contributed by atoms with E-state index >= 15 is 0 Å². The molecule has 2 N–H and O–H groups in total. The second kappa shape index (κ2) is 8.91. The van der Waals surface area contributed by atoms with Gasteiger partial charge in [-0.1, -0.05) is 30.0 Å². The second-order valence-electron chi connectivity index (χ2n) is 6.69. The predicted octanol–water partition coefficient (Wildman–Crippen LogP) is 2.96. The van der Waals surface area contributed by atoms with Gasteiger partial charge in [0, 0.05) is 39.9 Å². The number of rotatable bonds is 6. The summed E-state index contributed by atoms with van der Waals surface area (Å²) >= 11 is 1.51. The first-order valence-corrected chi connectivity index (χ1v) is 11.6. The molecule has 0 amide bonds. The van der Waals surface area contributed by atoms with Crippen LogP contribution in [0.1, 0.15) is 5.56 Å². The van der Waals surface area contributed by atoms with Gasteiger partial charge in [0.05, 0.1) is 15.5 Å².